The summed E-state index contributed by atoms with van der Waals surface area (Å²) in [4.78, 5) is 0. The Hall–Kier alpha value is -0.860. The topological polar surface area (TPSA) is 38.0 Å². The summed E-state index contributed by atoms with van der Waals surface area (Å²) in [5, 5.41) is 3.45. The standard InChI is InChI=1S/C13H22N2/c1-2-3-4-8-15-11-13-7-5-6-12(9-13)10-14/h5-7,9,15H,2-4,8,10-11,14H2,1H3. The summed E-state index contributed by atoms with van der Waals surface area (Å²) < 4.78 is 0. The maximum absolute atomic E-state index is 5.59. The summed E-state index contributed by atoms with van der Waals surface area (Å²) in [5.41, 5.74) is 8.13. The number of nitrogens with two attached hydrogens (primary N) is 1. The van der Waals surface area contributed by atoms with Crippen molar-refractivity contribution in [1.82, 2.24) is 5.32 Å². The zero-order chi connectivity index (χ0) is 10.9. The van der Waals surface area contributed by atoms with Crippen molar-refractivity contribution in [2.24, 2.45) is 5.73 Å². The molecule has 0 fully saturated rings. The van der Waals surface area contributed by atoms with Crippen LogP contribution in [-0.2, 0) is 13.1 Å². The van der Waals surface area contributed by atoms with Gasteiger partial charge in [-0.05, 0) is 24.1 Å². The fraction of sp³-hybridized carbons (Fsp3) is 0.538. The van der Waals surface area contributed by atoms with Gasteiger partial charge in [-0.1, -0.05) is 44.0 Å². The van der Waals surface area contributed by atoms with E-state index in [4.69, 9.17) is 5.73 Å². The lowest BCUT2D eigenvalue weighted by Crippen LogP contribution is -2.14. The number of hydrogen-bond donors (Lipinski definition) is 2. The van der Waals surface area contributed by atoms with E-state index in [1.807, 2.05) is 0 Å². The number of benzene rings is 1. The largest absolute Gasteiger partial charge is 0.326 e. The summed E-state index contributed by atoms with van der Waals surface area (Å²) in [5.74, 6) is 0. The Morgan fingerprint density at radius 2 is 2.00 bits per heavy atom. The highest BCUT2D eigenvalue weighted by Gasteiger charge is 1.94. The summed E-state index contributed by atoms with van der Waals surface area (Å²) in [6.45, 7) is 4.92. The molecule has 0 spiro atoms. The molecule has 0 bridgehead atoms. The maximum atomic E-state index is 5.59. The highest BCUT2D eigenvalue weighted by atomic mass is 14.8. The van der Waals surface area contributed by atoms with Gasteiger partial charge in [0.05, 0.1) is 0 Å². The number of hydrogen-bond acceptors (Lipinski definition) is 2. The summed E-state index contributed by atoms with van der Waals surface area (Å²) in [7, 11) is 0. The van der Waals surface area contributed by atoms with Crippen LogP contribution in [0.3, 0.4) is 0 Å². The van der Waals surface area contributed by atoms with Crippen LogP contribution in [0.5, 0.6) is 0 Å². The molecule has 3 N–H and O–H groups in total. The Labute approximate surface area is 92.9 Å². The maximum Gasteiger partial charge on any atom is 0.0205 e. The monoisotopic (exact) mass is 206 g/mol. The molecule has 0 saturated heterocycles. The fourth-order valence-electron chi connectivity index (χ4n) is 1.60. The quantitative estimate of drug-likeness (QED) is 0.672. The van der Waals surface area contributed by atoms with Gasteiger partial charge in [0, 0.05) is 13.1 Å². The molecular formula is C13H22N2. The van der Waals surface area contributed by atoms with Crippen molar-refractivity contribution in [3.05, 3.63) is 35.4 Å². The van der Waals surface area contributed by atoms with Crippen LogP contribution < -0.4 is 11.1 Å². The van der Waals surface area contributed by atoms with Gasteiger partial charge in [-0.2, -0.15) is 0 Å². The van der Waals surface area contributed by atoms with Gasteiger partial charge in [-0.15, -0.1) is 0 Å². The first-order valence-electron chi connectivity index (χ1n) is 5.85. The van der Waals surface area contributed by atoms with Crippen LogP contribution in [0, 0.1) is 0 Å². The third-order valence-electron chi connectivity index (χ3n) is 2.51. The van der Waals surface area contributed by atoms with E-state index in [0.717, 1.165) is 13.1 Å². The second-order valence-electron chi connectivity index (χ2n) is 3.91. The molecule has 15 heavy (non-hydrogen) atoms. The van der Waals surface area contributed by atoms with Gasteiger partial charge in [0.15, 0.2) is 0 Å². The van der Waals surface area contributed by atoms with E-state index >= 15 is 0 Å². The smallest absolute Gasteiger partial charge is 0.0205 e. The van der Waals surface area contributed by atoms with Gasteiger partial charge in [0.2, 0.25) is 0 Å². The lowest BCUT2D eigenvalue weighted by atomic mass is 10.1. The Kier molecular flexibility index (Phi) is 6.05. The minimum atomic E-state index is 0.629. The first-order valence-corrected chi connectivity index (χ1v) is 5.85. The number of unbranched alkanes of at least 4 members (excludes halogenated alkanes) is 2. The normalized spacial score (nSPS) is 10.5. The molecule has 0 unspecified atom stereocenters. The van der Waals surface area contributed by atoms with Crippen LogP contribution in [0.2, 0.25) is 0 Å². The van der Waals surface area contributed by atoms with Crippen molar-refractivity contribution in [1.29, 1.82) is 0 Å². The van der Waals surface area contributed by atoms with Crippen LogP contribution in [0.25, 0.3) is 0 Å². The van der Waals surface area contributed by atoms with Gasteiger partial charge in [0.25, 0.3) is 0 Å². The molecule has 0 heterocycles. The fourth-order valence-corrected chi connectivity index (χ4v) is 1.60. The molecule has 0 aliphatic rings. The van der Waals surface area contributed by atoms with E-state index in [1.54, 1.807) is 0 Å². The number of rotatable bonds is 7. The third-order valence-corrected chi connectivity index (χ3v) is 2.51. The van der Waals surface area contributed by atoms with Crippen LogP contribution in [0.4, 0.5) is 0 Å². The minimum Gasteiger partial charge on any atom is -0.326 e. The Morgan fingerprint density at radius 3 is 2.73 bits per heavy atom. The average molecular weight is 206 g/mol. The first-order chi connectivity index (χ1) is 7.36. The molecule has 84 valence electrons. The van der Waals surface area contributed by atoms with E-state index < -0.39 is 0 Å². The third kappa shape index (κ3) is 4.96. The van der Waals surface area contributed by atoms with Crippen molar-refractivity contribution in [2.75, 3.05) is 6.54 Å². The first kappa shape index (κ1) is 12.2. The molecule has 0 radical (unpaired) electrons. The summed E-state index contributed by atoms with van der Waals surface area (Å²) in [6.07, 6.45) is 3.87. The van der Waals surface area contributed by atoms with E-state index in [9.17, 15) is 0 Å². The predicted octanol–water partition coefficient (Wildman–Crippen LogP) is 2.43. The highest BCUT2D eigenvalue weighted by Crippen LogP contribution is 2.04. The molecule has 1 rings (SSSR count). The zero-order valence-corrected chi connectivity index (χ0v) is 9.63. The molecule has 2 heteroatoms. The molecule has 0 saturated carbocycles. The molecule has 0 amide bonds. The van der Waals surface area contributed by atoms with E-state index in [2.05, 4.69) is 36.5 Å². The predicted molar refractivity (Wildman–Crippen MR) is 65.6 cm³/mol. The van der Waals surface area contributed by atoms with Gasteiger partial charge in [-0.3, -0.25) is 0 Å². The van der Waals surface area contributed by atoms with E-state index in [1.165, 1.54) is 30.4 Å². The van der Waals surface area contributed by atoms with Crippen molar-refractivity contribution >= 4 is 0 Å². The molecule has 0 aliphatic carbocycles. The van der Waals surface area contributed by atoms with Crippen LogP contribution in [0.1, 0.15) is 37.3 Å². The highest BCUT2D eigenvalue weighted by molar-refractivity contribution is 5.23. The molecule has 0 aromatic heterocycles. The van der Waals surface area contributed by atoms with Gasteiger partial charge >= 0.3 is 0 Å². The Morgan fingerprint density at radius 1 is 1.20 bits per heavy atom. The van der Waals surface area contributed by atoms with E-state index in [0.29, 0.717) is 6.54 Å². The summed E-state index contributed by atoms with van der Waals surface area (Å²) >= 11 is 0. The van der Waals surface area contributed by atoms with Gasteiger partial charge in [0.1, 0.15) is 0 Å². The lowest BCUT2D eigenvalue weighted by Gasteiger charge is -2.05. The Balaban J connectivity index is 2.24. The minimum absolute atomic E-state index is 0.629. The molecule has 1 aromatic rings. The molecule has 0 atom stereocenters. The lowest BCUT2D eigenvalue weighted by molar-refractivity contribution is 0.616. The molecule has 0 aliphatic heterocycles. The van der Waals surface area contributed by atoms with Crippen molar-refractivity contribution in [2.45, 2.75) is 39.3 Å². The number of nitrogens with one attached hydrogen (secondary N) is 1. The van der Waals surface area contributed by atoms with Crippen molar-refractivity contribution in [3.8, 4) is 0 Å². The molecule has 1 aromatic carbocycles. The van der Waals surface area contributed by atoms with E-state index in [-0.39, 0.29) is 0 Å². The van der Waals surface area contributed by atoms with Gasteiger partial charge < -0.3 is 11.1 Å². The second-order valence-corrected chi connectivity index (χ2v) is 3.91. The van der Waals surface area contributed by atoms with Crippen LogP contribution in [0.15, 0.2) is 24.3 Å². The molecule has 2 nitrogen and oxygen atoms in total. The van der Waals surface area contributed by atoms with Crippen molar-refractivity contribution in [3.63, 3.8) is 0 Å². The Bertz CT molecular complexity index is 271. The zero-order valence-electron chi connectivity index (χ0n) is 9.63. The summed E-state index contributed by atoms with van der Waals surface area (Å²) in [6, 6.07) is 8.46. The SMILES string of the molecule is CCCCCNCc1cccc(CN)c1. The average Bonchev–Trinajstić information content (AvgIpc) is 2.29. The van der Waals surface area contributed by atoms with Crippen LogP contribution in [-0.4, -0.2) is 6.54 Å². The van der Waals surface area contributed by atoms with Gasteiger partial charge in [-0.25, -0.2) is 0 Å². The molecular weight excluding hydrogens is 184 g/mol. The second kappa shape index (κ2) is 7.43. The van der Waals surface area contributed by atoms with Crippen molar-refractivity contribution < 1.29 is 0 Å². The van der Waals surface area contributed by atoms with Crippen LogP contribution >= 0.6 is 0 Å².